The van der Waals surface area contributed by atoms with Gasteiger partial charge in [-0.15, -0.1) is 24.0 Å². The Morgan fingerprint density at radius 3 is 2.16 bits per heavy atom. The Bertz CT molecular complexity index is 497. The van der Waals surface area contributed by atoms with Gasteiger partial charge in [0.05, 0.1) is 0 Å². The minimum atomic E-state index is 0. The Morgan fingerprint density at radius 2 is 1.53 bits per heavy atom. The topological polar surface area (TPSA) is 50.4 Å². The van der Waals surface area contributed by atoms with E-state index in [9.17, 15) is 0 Å². The number of hydrogen-bond donors (Lipinski definition) is 2. The molecule has 0 heterocycles. The molecule has 0 saturated heterocycles. The fraction of sp³-hybridized carbons (Fsp3) is 0.133. The summed E-state index contributed by atoms with van der Waals surface area (Å²) in [7, 11) is 0. The van der Waals surface area contributed by atoms with E-state index in [-0.39, 0.29) is 24.0 Å². The molecule has 0 unspecified atom stereocenters. The number of benzene rings is 2. The zero-order valence-electron chi connectivity index (χ0n) is 10.6. The first-order valence-corrected chi connectivity index (χ1v) is 6.00. The molecular formula is C15H18IN3. The standard InChI is InChI=1S/C15H17N3.HI/c16-15(18-14-9-5-2-6-10-14)17-12-11-13-7-3-1-4-8-13;/h1-10H,11-12H2,(H3,16,17,18);1H. The third-order valence-electron chi connectivity index (χ3n) is 2.57. The van der Waals surface area contributed by atoms with E-state index in [0.29, 0.717) is 12.5 Å². The summed E-state index contributed by atoms with van der Waals surface area (Å²) in [5, 5.41) is 3.06. The lowest BCUT2D eigenvalue weighted by atomic mass is 10.2. The maximum absolute atomic E-state index is 5.81. The van der Waals surface area contributed by atoms with Crippen LogP contribution in [0, 0.1) is 0 Å². The van der Waals surface area contributed by atoms with Gasteiger partial charge in [0.25, 0.3) is 0 Å². The molecule has 0 amide bonds. The summed E-state index contributed by atoms with van der Waals surface area (Å²) in [6.07, 6.45) is 0.901. The molecular weight excluding hydrogens is 349 g/mol. The lowest BCUT2D eigenvalue weighted by Gasteiger charge is -2.05. The van der Waals surface area contributed by atoms with E-state index >= 15 is 0 Å². The first-order chi connectivity index (χ1) is 8.84. The van der Waals surface area contributed by atoms with Crippen LogP contribution in [0.1, 0.15) is 5.56 Å². The molecule has 2 aromatic rings. The normalized spacial score (nSPS) is 10.6. The van der Waals surface area contributed by atoms with Crippen molar-refractivity contribution < 1.29 is 0 Å². The third-order valence-corrected chi connectivity index (χ3v) is 2.57. The van der Waals surface area contributed by atoms with Gasteiger partial charge < -0.3 is 11.1 Å². The number of anilines is 1. The fourth-order valence-corrected chi connectivity index (χ4v) is 1.66. The molecule has 0 fully saturated rings. The molecule has 0 aromatic heterocycles. The van der Waals surface area contributed by atoms with Crippen molar-refractivity contribution in [2.75, 3.05) is 11.9 Å². The van der Waals surface area contributed by atoms with Gasteiger partial charge in [-0.3, -0.25) is 4.99 Å². The van der Waals surface area contributed by atoms with Gasteiger partial charge in [0.15, 0.2) is 5.96 Å². The van der Waals surface area contributed by atoms with E-state index < -0.39 is 0 Å². The van der Waals surface area contributed by atoms with Crippen LogP contribution in [-0.2, 0) is 6.42 Å². The predicted molar refractivity (Wildman–Crippen MR) is 92.1 cm³/mol. The van der Waals surface area contributed by atoms with Crippen LogP contribution >= 0.6 is 24.0 Å². The highest BCUT2D eigenvalue weighted by Crippen LogP contribution is 2.04. The van der Waals surface area contributed by atoms with Crippen LogP contribution in [0.15, 0.2) is 65.7 Å². The molecule has 100 valence electrons. The van der Waals surface area contributed by atoms with E-state index in [1.807, 2.05) is 48.5 Å². The fourth-order valence-electron chi connectivity index (χ4n) is 1.66. The molecule has 3 N–H and O–H groups in total. The van der Waals surface area contributed by atoms with E-state index in [2.05, 4.69) is 22.4 Å². The molecule has 0 atom stereocenters. The summed E-state index contributed by atoms with van der Waals surface area (Å²) in [5.41, 5.74) is 8.04. The average Bonchev–Trinajstić information content (AvgIpc) is 2.41. The van der Waals surface area contributed by atoms with Crippen molar-refractivity contribution >= 4 is 35.6 Å². The van der Waals surface area contributed by atoms with E-state index in [0.717, 1.165) is 12.1 Å². The summed E-state index contributed by atoms with van der Waals surface area (Å²) < 4.78 is 0. The van der Waals surface area contributed by atoms with Crippen molar-refractivity contribution in [2.45, 2.75) is 6.42 Å². The highest BCUT2D eigenvalue weighted by molar-refractivity contribution is 14.0. The smallest absolute Gasteiger partial charge is 0.193 e. The number of hydrogen-bond acceptors (Lipinski definition) is 1. The Balaban J connectivity index is 0.00000180. The van der Waals surface area contributed by atoms with Crippen LogP contribution in [0.25, 0.3) is 0 Å². The molecule has 0 radical (unpaired) electrons. The second-order valence-electron chi connectivity index (χ2n) is 3.99. The highest BCUT2D eigenvalue weighted by Gasteiger charge is 1.94. The highest BCUT2D eigenvalue weighted by atomic mass is 127. The molecule has 4 heteroatoms. The first kappa shape index (κ1) is 15.5. The maximum Gasteiger partial charge on any atom is 0.193 e. The number of nitrogens with zero attached hydrogens (tertiary/aromatic N) is 1. The van der Waals surface area contributed by atoms with Gasteiger partial charge in [-0.25, -0.2) is 0 Å². The van der Waals surface area contributed by atoms with Crippen LogP contribution in [0.4, 0.5) is 5.69 Å². The van der Waals surface area contributed by atoms with Crippen molar-refractivity contribution in [3.8, 4) is 0 Å². The minimum Gasteiger partial charge on any atom is -0.370 e. The number of para-hydroxylation sites is 1. The molecule has 0 aliphatic heterocycles. The van der Waals surface area contributed by atoms with Gasteiger partial charge in [-0.05, 0) is 24.1 Å². The molecule has 0 spiro atoms. The van der Waals surface area contributed by atoms with Crippen LogP contribution in [0.3, 0.4) is 0 Å². The summed E-state index contributed by atoms with van der Waals surface area (Å²) in [6, 6.07) is 20.1. The van der Waals surface area contributed by atoms with Crippen LogP contribution < -0.4 is 11.1 Å². The second kappa shape index (κ2) is 8.53. The molecule has 2 rings (SSSR count). The van der Waals surface area contributed by atoms with Crippen LogP contribution in [-0.4, -0.2) is 12.5 Å². The second-order valence-corrected chi connectivity index (χ2v) is 3.99. The summed E-state index contributed by atoms with van der Waals surface area (Å²) >= 11 is 0. The number of nitrogens with two attached hydrogens (primary N) is 1. The zero-order valence-corrected chi connectivity index (χ0v) is 13.0. The Hall–Kier alpha value is -1.56. The van der Waals surface area contributed by atoms with Gasteiger partial charge in [-0.1, -0.05) is 48.5 Å². The zero-order chi connectivity index (χ0) is 12.6. The largest absolute Gasteiger partial charge is 0.370 e. The minimum absolute atomic E-state index is 0. The van der Waals surface area contributed by atoms with Crippen molar-refractivity contribution in [3.63, 3.8) is 0 Å². The molecule has 19 heavy (non-hydrogen) atoms. The van der Waals surface area contributed by atoms with Crippen molar-refractivity contribution in [1.29, 1.82) is 0 Å². The van der Waals surface area contributed by atoms with Crippen LogP contribution in [0.2, 0.25) is 0 Å². The number of rotatable bonds is 4. The van der Waals surface area contributed by atoms with Crippen LogP contribution in [0.5, 0.6) is 0 Å². The summed E-state index contributed by atoms with van der Waals surface area (Å²) in [5.74, 6) is 0.456. The molecule has 0 aliphatic carbocycles. The number of nitrogens with one attached hydrogen (secondary N) is 1. The van der Waals surface area contributed by atoms with E-state index in [1.165, 1.54) is 5.56 Å². The van der Waals surface area contributed by atoms with Gasteiger partial charge in [0.1, 0.15) is 0 Å². The lowest BCUT2D eigenvalue weighted by molar-refractivity contribution is 0.965. The Kier molecular flexibility index (Phi) is 6.95. The number of halogens is 1. The summed E-state index contributed by atoms with van der Waals surface area (Å²) in [4.78, 5) is 4.30. The van der Waals surface area contributed by atoms with Crippen molar-refractivity contribution in [3.05, 3.63) is 66.2 Å². The van der Waals surface area contributed by atoms with Gasteiger partial charge in [0, 0.05) is 12.2 Å². The maximum atomic E-state index is 5.81. The molecule has 2 aromatic carbocycles. The van der Waals surface area contributed by atoms with E-state index in [1.54, 1.807) is 0 Å². The third kappa shape index (κ3) is 5.74. The average molecular weight is 367 g/mol. The predicted octanol–water partition coefficient (Wildman–Crippen LogP) is 3.27. The quantitative estimate of drug-likeness (QED) is 0.495. The Morgan fingerprint density at radius 1 is 0.947 bits per heavy atom. The number of guanidine groups is 1. The van der Waals surface area contributed by atoms with Gasteiger partial charge in [-0.2, -0.15) is 0 Å². The summed E-state index contributed by atoms with van der Waals surface area (Å²) in [6.45, 7) is 0.690. The molecule has 0 bridgehead atoms. The van der Waals surface area contributed by atoms with E-state index in [4.69, 9.17) is 5.73 Å². The van der Waals surface area contributed by atoms with Gasteiger partial charge >= 0.3 is 0 Å². The van der Waals surface area contributed by atoms with Crippen molar-refractivity contribution in [1.82, 2.24) is 0 Å². The first-order valence-electron chi connectivity index (χ1n) is 6.00. The number of aliphatic imine (C=N–C) groups is 1. The monoisotopic (exact) mass is 367 g/mol. The Labute approximate surface area is 131 Å². The molecule has 3 nitrogen and oxygen atoms in total. The molecule has 0 aliphatic rings. The lowest BCUT2D eigenvalue weighted by Crippen LogP contribution is -2.22. The van der Waals surface area contributed by atoms with Gasteiger partial charge in [0.2, 0.25) is 0 Å². The van der Waals surface area contributed by atoms with Crippen molar-refractivity contribution in [2.24, 2.45) is 10.7 Å². The molecule has 0 saturated carbocycles. The SMILES string of the molecule is I.NC(=NCCc1ccccc1)Nc1ccccc1.